The first-order valence-electron chi connectivity index (χ1n) is 9.96. The molecule has 3 aromatic rings. The van der Waals surface area contributed by atoms with Gasteiger partial charge in [0, 0.05) is 28.9 Å². The van der Waals surface area contributed by atoms with E-state index in [1.54, 1.807) is 0 Å². The van der Waals surface area contributed by atoms with Gasteiger partial charge in [0.05, 0.1) is 12.2 Å². The highest BCUT2D eigenvalue weighted by atomic mass is 35.5. The second-order valence-electron chi connectivity index (χ2n) is 8.13. The highest BCUT2D eigenvalue weighted by molar-refractivity contribution is 6.30. The van der Waals surface area contributed by atoms with Crippen LogP contribution in [0.25, 0.3) is 22.3 Å². The van der Waals surface area contributed by atoms with Gasteiger partial charge in [-0.25, -0.2) is 4.98 Å². The SMILES string of the molecule is CC[C@H]1Cn2nc(-c3ccc(Cl)cc3C)c3nc(C)cc(c32)N1CC1CC1. The van der Waals surface area contributed by atoms with Crippen molar-refractivity contribution in [1.82, 2.24) is 14.8 Å². The second-order valence-corrected chi connectivity index (χ2v) is 8.56. The predicted octanol–water partition coefficient (Wildman–Crippen LogP) is 5.38. The molecule has 0 spiro atoms. The summed E-state index contributed by atoms with van der Waals surface area (Å²) in [6, 6.07) is 8.78. The monoisotopic (exact) mass is 380 g/mol. The third-order valence-corrected chi connectivity index (χ3v) is 6.24. The third-order valence-electron chi connectivity index (χ3n) is 6.00. The number of aromatic nitrogens is 3. The van der Waals surface area contributed by atoms with Crippen LogP contribution < -0.4 is 4.90 Å². The van der Waals surface area contributed by atoms with E-state index >= 15 is 0 Å². The van der Waals surface area contributed by atoms with Crippen molar-refractivity contribution in [1.29, 1.82) is 0 Å². The minimum absolute atomic E-state index is 0.502. The molecule has 2 aromatic heterocycles. The lowest BCUT2D eigenvalue weighted by atomic mass is 10.0. The molecule has 1 saturated carbocycles. The molecule has 0 N–H and O–H groups in total. The van der Waals surface area contributed by atoms with E-state index in [1.165, 1.54) is 24.0 Å². The van der Waals surface area contributed by atoms with Crippen molar-refractivity contribution in [3.05, 3.63) is 40.5 Å². The van der Waals surface area contributed by atoms with E-state index in [4.69, 9.17) is 21.7 Å². The summed E-state index contributed by atoms with van der Waals surface area (Å²) in [6.45, 7) is 8.57. The standard InChI is InChI=1S/C22H25ClN4/c1-4-17-12-27-22-19(26(17)11-15-5-6-15)10-14(3)24-21(22)20(25-27)18-8-7-16(23)9-13(18)2/h7-10,15,17H,4-6,11-12H2,1-3H3/t17-/m0/s1. The van der Waals surface area contributed by atoms with Crippen LogP contribution in [-0.2, 0) is 6.54 Å². The Balaban J connectivity index is 1.73. The van der Waals surface area contributed by atoms with E-state index in [0.717, 1.165) is 58.5 Å². The number of hydrogen-bond acceptors (Lipinski definition) is 3. The minimum Gasteiger partial charge on any atom is -0.365 e. The normalized spacial score (nSPS) is 19.1. The number of aryl methyl sites for hydroxylation is 2. The van der Waals surface area contributed by atoms with Crippen molar-refractivity contribution in [2.24, 2.45) is 5.92 Å². The zero-order chi connectivity index (χ0) is 18.7. The predicted molar refractivity (Wildman–Crippen MR) is 112 cm³/mol. The number of pyridine rings is 1. The van der Waals surface area contributed by atoms with Crippen molar-refractivity contribution in [2.75, 3.05) is 11.4 Å². The van der Waals surface area contributed by atoms with Crippen LogP contribution in [-0.4, -0.2) is 27.4 Å². The molecular weight excluding hydrogens is 356 g/mol. The van der Waals surface area contributed by atoms with Gasteiger partial charge in [-0.05, 0) is 62.8 Å². The molecule has 5 rings (SSSR count). The molecule has 1 aromatic carbocycles. The van der Waals surface area contributed by atoms with Crippen LogP contribution >= 0.6 is 11.6 Å². The van der Waals surface area contributed by atoms with Crippen LogP contribution in [0.4, 0.5) is 5.69 Å². The average Bonchev–Trinajstić information content (AvgIpc) is 3.38. The fourth-order valence-electron chi connectivity index (χ4n) is 4.38. The van der Waals surface area contributed by atoms with E-state index < -0.39 is 0 Å². The van der Waals surface area contributed by atoms with Crippen molar-refractivity contribution < 1.29 is 0 Å². The summed E-state index contributed by atoms with van der Waals surface area (Å²) >= 11 is 6.18. The maximum absolute atomic E-state index is 6.18. The Bertz CT molecular complexity index is 1030. The van der Waals surface area contributed by atoms with Gasteiger partial charge in [-0.2, -0.15) is 5.10 Å². The number of anilines is 1. The van der Waals surface area contributed by atoms with Crippen LogP contribution in [0.2, 0.25) is 5.02 Å². The zero-order valence-electron chi connectivity index (χ0n) is 16.2. The van der Waals surface area contributed by atoms with Crippen molar-refractivity contribution in [3.8, 4) is 11.3 Å². The van der Waals surface area contributed by atoms with Crippen LogP contribution in [0.5, 0.6) is 0 Å². The first kappa shape index (κ1) is 17.1. The number of hydrogen-bond donors (Lipinski definition) is 0. The molecule has 3 heterocycles. The molecule has 140 valence electrons. The molecule has 2 aliphatic rings. The molecule has 5 heteroatoms. The second kappa shape index (κ2) is 6.23. The molecule has 1 aliphatic heterocycles. The Hall–Kier alpha value is -2.07. The third kappa shape index (κ3) is 2.82. The molecule has 0 radical (unpaired) electrons. The largest absolute Gasteiger partial charge is 0.365 e. The van der Waals surface area contributed by atoms with E-state index in [-0.39, 0.29) is 0 Å². The summed E-state index contributed by atoms with van der Waals surface area (Å²) in [5, 5.41) is 5.79. The molecular formula is C22H25ClN4. The van der Waals surface area contributed by atoms with Gasteiger partial charge in [0.15, 0.2) is 0 Å². The molecule has 1 fully saturated rings. The average molecular weight is 381 g/mol. The fourth-order valence-corrected chi connectivity index (χ4v) is 4.61. The van der Waals surface area contributed by atoms with Crippen LogP contribution in [0.15, 0.2) is 24.3 Å². The van der Waals surface area contributed by atoms with Crippen LogP contribution in [0.1, 0.15) is 37.4 Å². The molecule has 0 unspecified atom stereocenters. The summed E-state index contributed by atoms with van der Waals surface area (Å²) < 4.78 is 2.19. The number of nitrogens with zero attached hydrogens (tertiary/aromatic N) is 4. The van der Waals surface area contributed by atoms with Gasteiger partial charge in [-0.1, -0.05) is 24.6 Å². The first-order chi connectivity index (χ1) is 13.0. The molecule has 0 saturated heterocycles. The Labute approximate surface area is 165 Å². The van der Waals surface area contributed by atoms with Gasteiger partial charge in [-0.15, -0.1) is 0 Å². The van der Waals surface area contributed by atoms with Gasteiger partial charge in [-0.3, -0.25) is 4.68 Å². The van der Waals surface area contributed by atoms with E-state index in [1.807, 2.05) is 12.1 Å². The quantitative estimate of drug-likeness (QED) is 0.609. The zero-order valence-corrected chi connectivity index (χ0v) is 16.9. The molecule has 1 atom stereocenters. The summed E-state index contributed by atoms with van der Waals surface area (Å²) in [6.07, 6.45) is 3.87. The van der Waals surface area contributed by atoms with Crippen molar-refractivity contribution in [2.45, 2.75) is 52.6 Å². The van der Waals surface area contributed by atoms with Gasteiger partial charge < -0.3 is 4.90 Å². The van der Waals surface area contributed by atoms with Gasteiger partial charge in [0.25, 0.3) is 0 Å². The summed E-state index contributed by atoms with van der Waals surface area (Å²) in [7, 11) is 0. The molecule has 27 heavy (non-hydrogen) atoms. The fraction of sp³-hybridized carbons (Fsp3) is 0.455. The minimum atomic E-state index is 0.502. The number of halogens is 1. The Morgan fingerprint density at radius 2 is 2.00 bits per heavy atom. The highest BCUT2D eigenvalue weighted by Gasteiger charge is 2.34. The van der Waals surface area contributed by atoms with Crippen LogP contribution in [0, 0.1) is 19.8 Å². The van der Waals surface area contributed by atoms with Crippen molar-refractivity contribution in [3.63, 3.8) is 0 Å². The molecule has 0 bridgehead atoms. The maximum Gasteiger partial charge on any atom is 0.119 e. The lowest BCUT2D eigenvalue weighted by Crippen LogP contribution is -2.42. The highest BCUT2D eigenvalue weighted by Crippen LogP contribution is 2.41. The number of rotatable bonds is 4. The lowest BCUT2D eigenvalue weighted by Gasteiger charge is -2.37. The molecule has 1 aliphatic carbocycles. The van der Waals surface area contributed by atoms with E-state index in [9.17, 15) is 0 Å². The van der Waals surface area contributed by atoms with Gasteiger partial charge in [0.2, 0.25) is 0 Å². The Morgan fingerprint density at radius 3 is 2.70 bits per heavy atom. The van der Waals surface area contributed by atoms with Gasteiger partial charge in [0.1, 0.15) is 16.7 Å². The smallest absolute Gasteiger partial charge is 0.119 e. The molecule has 4 nitrogen and oxygen atoms in total. The summed E-state index contributed by atoms with van der Waals surface area (Å²) in [5.41, 5.74) is 7.82. The van der Waals surface area contributed by atoms with Crippen LogP contribution in [0.3, 0.4) is 0 Å². The molecule has 0 amide bonds. The van der Waals surface area contributed by atoms with Crippen molar-refractivity contribution >= 4 is 28.3 Å². The van der Waals surface area contributed by atoms with E-state index in [2.05, 4.69) is 42.5 Å². The topological polar surface area (TPSA) is 34.0 Å². The van der Waals surface area contributed by atoms with E-state index in [0.29, 0.717) is 6.04 Å². The number of benzene rings is 1. The van der Waals surface area contributed by atoms with Gasteiger partial charge >= 0.3 is 0 Å². The first-order valence-corrected chi connectivity index (χ1v) is 10.3. The summed E-state index contributed by atoms with van der Waals surface area (Å²) in [4.78, 5) is 7.55. The maximum atomic E-state index is 6.18. The Kier molecular flexibility index (Phi) is 3.94. The lowest BCUT2D eigenvalue weighted by molar-refractivity contribution is 0.453. The Morgan fingerprint density at radius 1 is 1.19 bits per heavy atom. The summed E-state index contributed by atoms with van der Waals surface area (Å²) in [5.74, 6) is 0.857.